The lowest BCUT2D eigenvalue weighted by atomic mass is 10.1. The zero-order valence-corrected chi connectivity index (χ0v) is 16.6. The Morgan fingerprint density at radius 1 is 1.00 bits per heavy atom. The van der Waals surface area contributed by atoms with Crippen molar-refractivity contribution in [1.29, 1.82) is 0 Å². The average Bonchev–Trinajstić information content (AvgIpc) is 2.70. The van der Waals surface area contributed by atoms with Gasteiger partial charge in [-0.1, -0.05) is 41.9 Å². The molecule has 0 aromatic heterocycles. The molecular weight excluding hydrogens is 378 g/mol. The maximum atomic E-state index is 11.9. The summed E-state index contributed by atoms with van der Waals surface area (Å²) in [5.41, 5.74) is 0. The zero-order valence-electron chi connectivity index (χ0n) is 15.0. The molecule has 0 bridgehead atoms. The van der Waals surface area contributed by atoms with Crippen molar-refractivity contribution < 1.29 is 9.53 Å². The van der Waals surface area contributed by atoms with Crippen LogP contribution in [-0.4, -0.2) is 24.8 Å². The number of benzene rings is 3. The molecule has 1 amide bonds. The summed E-state index contributed by atoms with van der Waals surface area (Å²) in [5, 5.41) is 5.99. The summed E-state index contributed by atoms with van der Waals surface area (Å²) in [6.45, 7) is 0.972. The Balaban J connectivity index is 1.29. The van der Waals surface area contributed by atoms with Gasteiger partial charge < -0.3 is 10.1 Å². The normalized spacial score (nSPS) is 10.7. The number of fused-ring (bicyclic) bond motifs is 1. The lowest BCUT2D eigenvalue weighted by Gasteiger charge is -2.09. The van der Waals surface area contributed by atoms with E-state index in [-0.39, 0.29) is 5.91 Å². The van der Waals surface area contributed by atoms with Crippen LogP contribution in [0.5, 0.6) is 5.75 Å². The van der Waals surface area contributed by atoms with E-state index in [1.54, 1.807) is 11.8 Å². The summed E-state index contributed by atoms with van der Waals surface area (Å²) in [4.78, 5) is 13.1. The second kappa shape index (κ2) is 10.2. The highest BCUT2D eigenvalue weighted by Gasteiger charge is 2.02. The van der Waals surface area contributed by atoms with E-state index >= 15 is 0 Å². The molecule has 0 atom stereocenters. The smallest absolute Gasteiger partial charge is 0.220 e. The molecule has 3 aromatic rings. The van der Waals surface area contributed by atoms with Gasteiger partial charge in [0, 0.05) is 16.3 Å². The highest BCUT2D eigenvalue weighted by atomic mass is 35.5. The second-order valence-corrected chi connectivity index (χ2v) is 7.72. The predicted molar refractivity (Wildman–Crippen MR) is 114 cm³/mol. The van der Waals surface area contributed by atoms with E-state index in [2.05, 4.69) is 17.4 Å². The van der Waals surface area contributed by atoms with Crippen LogP contribution in [0.1, 0.15) is 12.8 Å². The van der Waals surface area contributed by atoms with E-state index in [1.807, 2.05) is 54.6 Å². The van der Waals surface area contributed by atoms with E-state index in [4.69, 9.17) is 16.3 Å². The molecular formula is C22H22ClNO2S. The number of rotatable bonds is 9. The van der Waals surface area contributed by atoms with Crippen molar-refractivity contribution in [2.24, 2.45) is 0 Å². The van der Waals surface area contributed by atoms with Gasteiger partial charge in [-0.05, 0) is 59.3 Å². The number of nitrogens with one attached hydrogen (secondary N) is 1. The van der Waals surface area contributed by atoms with E-state index < -0.39 is 0 Å². The first kappa shape index (κ1) is 19.6. The van der Waals surface area contributed by atoms with Crippen molar-refractivity contribution in [3.05, 3.63) is 71.8 Å². The molecule has 0 heterocycles. The van der Waals surface area contributed by atoms with Crippen LogP contribution in [0.25, 0.3) is 10.8 Å². The molecule has 0 aliphatic heterocycles. The van der Waals surface area contributed by atoms with Crippen LogP contribution in [-0.2, 0) is 4.79 Å². The Bertz CT molecular complexity index is 883. The number of amides is 1. The summed E-state index contributed by atoms with van der Waals surface area (Å²) in [6, 6.07) is 21.9. The molecule has 5 heteroatoms. The van der Waals surface area contributed by atoms with E-state index in [9.17, 15) is 4.79 Å². The molecule has 0 fully saturated rings. The fourth-order valence-corrected chi connectivity index (χ4v) is 3.64. The van der Waals surface area contributed by atoms with Crippen LogP contribution in [0.4, 0.5) is 0 Å². The Labute approximate surface area is 169 Å². The lowest BCUT2D eigenvalue weighted by molar-refractivity contribution is -0.121. The molecule has 3 aromatic carbocycles. The van der Waals surface area contributed by atoms with Gasteiger partial charge in [0.05, 0.1) is 6.54 Å². The molecule has 0 aliphatic rings. The Morgan fingerprint density at radius 2 is 1.78 bits per heavy atom. The minimum Gasteiger partial charge on any atom is -0.492 e. The SMILES string of the molecule is O=C(CCCSc1ccc(Cl)cc1)NCCOc1ccc2ccccc2c1. The minimum atomic E-state index is 0.0637. The summed E-state index contributed by atoms with van der Waals surface area (Å²) in [6.07, 6.45) is 1.36. The van der Waals surface area contributed by atoms with Gasteiger partial charge in [-0.2, -0.15) is 0 Å². The lowest BCUT2D eigenvalue weighted by Crippen LogP contribution is -2.27. The Kier molecular flexibility index (Phi) is 7.43. The van der Waals surface area contributed by atoms with E-state index in [0.717, 1.165) is 28.3 Å². The first-order valence-corrected chi connectivity index (χ1v) is 10.3. The number of carbonyl (C=O) groups excluding carboxylic acids is 1. The third-order valence-corrected chi connectivity index (χ3v) is 5.39. The summed E-state index contributed by atoms with van der Waals surface area (Å²) in [5.74, 6) is 1.79. The number of ether oxygens (including phenoxy) is 1. The van der Waals surface area contributed by atoms with Gasteiger partial charge in [0.1, 0.15) is 12.4 Å². The van der Waals surface area contributed by atoms with Crippen molar-refractivity contribution in [3.63, 3.8) is 0 Å². The van der Waals surface area contributed by atoms with Gasteiger partial charge in [0.15, 0.2) is 0 Å². The first-order valence-electron chi connectivity index (χ1n) is 8.97. The standard InChI is InChI=1S/C22H22ClNO2S/c23-19-8-11-21(12-9-19)27-15-3-6-22(25)24-13-14-26-20-10-7-17-4-1-2-5-18(17)16-20/h1-2,4-5,7-12,16H,3,6,13-15H2,(H,24,25). The molecule has 3 rings (SSSR count). The number of carbonyl (C=O) groups is 1. The molecule has 0 aliphatic carbocycles. The van der Waals surface area contributed by atoms with Crippen molar-refractivity contribution in [3.8, 4) is 5.75 Å². The quantitative estimate of drug-likeness (QED) is 0.378. The van der Waals surface area contributed by atoms with Crippen molar-refractivity contribution in [2.75, 3.05) is 18.9 Å². The monoisotopic (exact) mass is 399 g/mol. The molecule has 1 N–H and O–H groups in total. The van der Waals surface area contributed by atoms with Crippen molar-refractivity contribution in [2.45, 2.75) is 17.7 Å². The molecule has 0 unspecified atom stereocenters. The minimum absolute atomic E-state index is 0.0637. The third kappa shape index (κ3) is 6.49. The average molecular weight is 400 g/mol. The number of halogens is 1. The molecule has 0 radical (unpaired) electrons. The van der Waals surface area contributed by atoms with Crippen LogP contribution in [0, 0.1) is 0 Å². The third-order valence-electron chi connectivity index (χ3n) is 4.04. The molecule has 0 saturated carbocycles. The highest BCUT2D eigenvalue weighted by molar-refractivity contribution is 7.99. The highest BCUT2D eigenvalue weighted by Crippen LogP contribution is 2.22. The summed E-state index contributed by atoms with van der Waals surface area (Å²) < 4.78 is 5.73. The van der Waals surface area contributed by atoms with Crippen LogP contribution in [0.3, 0.4) is 0 Å². The number of hydrogen-bond acceptors (Lipinski definition) is 3. The summed E-state index contributed by atoms with van der Waals surface area (Å²) in [7, 11) is 0. The Morgan fingerprint density at radius 3 is 2.59 bits per heavy atom. The molecule has 0 saturated heterocycles. The largest absolute Gasteiger partial charge is 0.492 e. The Hall–Kier alpha value is -2.17. The van der Waals surface area contributed by atoms with Gasteiger partial charge in [-0.15, -0.1) is 11.8 Å². The van der Waals surface area contributed by atoms with Crippen LogP contribution in [0.15, 0.2) is 71.6 Å². The van der Waals surface area contributed by atoms with Crippen LogP contribution in [0.2, 0.25) is 5.02 Å². The zero-order chi connectivity index (χ0) is 18.9. The number of thioether (sulfide) groups is 1. The number of hydrogen-bond donors (Lipinski definition) is 1. The van der Waals surface area contributed by atoms with Crippen molar-refractivity contribution >= 4 is 40.0 Å². The van der Waals surface area contributed by atoms with Crippen LogP contribution >= 0.6 is 23.4 Å². The van der Waals surface area contributed by atoms with E-state index in [1.165, 1.54) is 10.3 Å². The fourth-order valence-electron chi connectivity index (χ4n) is 2.66. The topological polar surface area (TPSA) is 38.3 Å². The van der Waals surface area contributed by atoms with Crippen molar-refractivity contribution in [1.82, 2.24) is 5.32 Å². The molecule has 3 nitrogen and oxygen atoms in total. The van der Waals surface area contributed by atoms with Crippen LogP contribution < -0.4 is 10.1 Å². The van der Waals surface area contributed by atoms with Gasteiger partial charge in [-0.3, -0.25) is 4.79 Å². The maximum Gasteiger partial charge on any atom is 0.220 e. The van der Waals surface area contributed by atoms with Gasteiger partial charge in [0.25, 0.3) is 0 Å². The molecule has 27 heavy (non-hydrogen) atoms. The molecule has 0 spiro atoms. The fraction of sp³-hybridized carbons (Fsp3) is 0.227. The molecule has 140 valence electrons. The first-order chi connectivity index (χ1) is 13.2. The van der Waals surface area contributed by atoms with Gasteiger partial charge in [-0.25, -0.2) is 0 Å². The van der Waals surface area contributed by atoms with Gasteiger partial charge in [0.2, 0.25) is 5.91 Å². The maximum absolute atomic E-state index is 11.9. The summed E-state index contributed by atoms with van der Waals surface area (Å²) >= 11 is 7.60. The predicted octanol–water partition coefficient (Wildman–Crippen LogP) is 5.56. The van der Waals surface area contributed by atoms with Gasteiger partial charge >= 0.3 is 0 Å². The second-order valence-electron chi connectivity index (χ2n) is 6.11. The van der Waals surface area contributed by atoms with E-state index in [0.29, 0.717) is 19.6 Å².